The van der Waals surface area contributed by atoms with Crippen LogP contribution in [0.15, 0.2) is 18.2 Å². The Bertz CT molecular complexity index is 443. The third-order valence-corrected chi connectivity index (χ3v) is 3.81. The zero-order chi connectivity index (χ0) is 12.5. The van der Waals surface area contributed by atoms with Gasteiger partial charge in [-0.05, 0) is 37.1 Å². The van der Waals surface area contributed by atoms with Gasteiger partial charge in [-0.3, -0.25) is 10.1 Å². The lowest BCUT2D eigenvalue weighted by atomic mass is 10.1. The van der Waals surface area contributed by atoms with E-state index >= 15 is 0 Å². The molecule has 2 rings (SSSR count). The first-order valence-electron chi connectivity index (χ1n) is 5.55. The third-order valence-electron chi connectivity index (χ3n) is 3.14. The highest BCUT2D eigenvalue weighted by Gasteiger charge is 2.42. The fourth-order valence-corrected chi connectivity index (χ4v) is 2.06. The molecule has 1 aromatic carbocycles. The quantitative estimate of drug-likeness (QED) is 0.498. The van der Waals surface area contributed by atoms with E-state index in [1.807, 2.05) is 13.0 Å². The number of nitrogens with zero attached hydrogens (tertiary/aromatic N) is 1. The van der Waals surface area contributed by atoms with Gasteiger partial charge < -0.3 is 4.74 Å². The highest BCUT2D eigenvalue weighted by molar-refractivity contribution is 7.80. The van der Waals surface area contributed by atoms with Crippen LogP contribution in [0.2, 0.25) is 0 Å². The first-order chi connectivity index (χ1) is 8.06. The smallest absolute Gasteiger partial charge is 0.311 e. The molecule has 0 saturated heterocycles. The van der Waals surface area contributed by atoms with Gasteiger partial charge >= 0.3 is 5.69 Å². The number of aryl methyl sites for hydroxylation is 1. The standard InChI is InChI=1S/C12H15NO3S/c1-9-2-3-11(10(6-9)13(14)15)16-7-12(8-17)4-5-12/h2-3,6,17H,4-5,7-8H2,1H3. The van der Waals surface area contributed by atoms with Gasteiger partial charge in [0, 0.05) is 11.5 Å². The van der Waals surface area contributed by atoms with E-state index in [0.717, 1.165) is 24.2 Å². The highest BCUT2D eigenvalue weighted by atomic mass is 32.1. The maximum absolute atomic E-state index is 10.9. The maximum atomic E-state index is 10.9. The summed E-state index contributed by atoms with van der Waals surface area (Å²) in [5, 5.41) is 10.9. The highest BCUT2D eigenvalue weighted by Crippen LogP contribution is 2.47. The minimum Gasteiger partial charge on any atom is -0.486 e. The van der Waals surface area contributed by atoms with Crippen LogP contribution in [0.25, 0.3) is 0 Å². The molecule has 4 nitrogen and oxygen atoms in total. The maximum Gasteiger partial charge on any atom is 0.311 e. The van der Waals surface area contributed by atoms with Crippen LogP contribution in [0.4, 0.5) is 5.69 Å². The van der Waals surface area contributed by atoms with Crippen molar-refractivity contribution in [3.05, 3.63) is 33.9 Å². The van der Waals surface area contributed by atoms with Crippen LogP contribution >= 0.6 is 12.6 Å². The molecule has 1 aliphatic carbocycles. The van der Waals surface area contributed by atoms with E-state index in [1.54, 1.807) is 6.07 Å². The Balaban J connectivity index is 2.12. The average Bonchev–Trinajstić information content (AvgIpc) is 3.08. The summed E-state index contributed by atoms with van der Waals surface area (Å²) >= 11 is 4.28. The van der Waals surface area contributed by atoms with Crippen LogP contribution in [0.3, 0.4) is 0 Å². The van der Waals surface area contributed by atoms with Crippen LogP contribution < -0.4 is 4.74 Å². The topological polar surface area (TPSA) is 52.4 Å². The van der Waals surface area contributed by atoms with Crippen LogP contribution in [0.1, 0.15) is 18.4 Å². The summed E-state index contributed by atoms with van der Waals surface area (Å²) in [6.45, 7) is 2.34. The molecule has 92 valence electrons. The second-order valence-corrected chi connectivity index (χ2v) is 4.99. The molecule has 0 amide bonds. The zero-order valence-electron chi connectivity index (χ0n) is 9.68. The molecule has 17 heavy (non-hydrogen) atoms. The molecule has 0 unspecified atom stereocenters. The summed E-state index contributed by atoms with van der Waals surface area (Å²) in [6.07, 6.45) is 2.19. The van der Waals surface area contributed by atoms with E-state index in [2.05, 4.69) is 12.6 Å². The van der Waals surface area contributed by atoms with Crippen molar-refractivity contribution in [2.75, 3.05) is 12.4 Å². The van der Waals surface area contributed by atoms with E-state index in [1.165, 1.54) is 6.07 Å². The zero-order valence-corrected chi connectivity index (χ0v) is 10.6. The van der Waals surface area contributed by atoms with Gasteiger partial charge in [0.05, 0.1) is 11.5 Å². The van der Waals surface area contributed by atoms with Gasteiger partial charge in [0.1, 0.15) is 0 Å². The monoisotopic (exact) mass is 253 g/mol. The van der Waals surface area contributed by atoms with Crippen molar-refractivity contribution in [3.8, 4) is 5.75 Å². The third kappa shape index (κ3) is 2.72. The number of thiol groups is 1. The van der Waals surface area contributed by atoms with Crippen molar-refractivity contribution in [1.29, 1.82) is 0 Å². The molecule has 1 aromatic rings. The molecule has 0 atom stereocenters. The van der Waals surface area contributed by atoms with Gasteiger partial charge in [-0.25, -0.2) is 0 Å². The lowest BCUT2D eigenvalue weighted by Crippen LogP contribution is -2.15. The van der Waals surface area contributed by atoms with Crippen LogP contribution in [0, 0.1) is 22.5 Å². The summed E-state index contributed by atoms with van der Waals surface area (Å²) in [5.74, 6) is 1.13. The van der Waals surface area contributed by atoms with E-state index < -0.39 is 4.92 Å². The molecule has 0 spiro atoms. The van der Waals surface area contributed by atoms with E-state index in [-0.39, 0.29) is 11.1 Å². The molecule has 0 aromatic heterocycles. The predicted octanol–water partition coefficient (Wildman–Crippen LogP) is 2.99. The number of rotatable bonds is 5. The lowest BCUT2D eigenvalue weighted by Gasteiger charge is -2.13. The minimum atomic E-state index is -0.400. The molecule has 0 bridgehead atoms. The molecule has 1 fully saturated rings. The molecule has 0 aliphatic heterocycles. The molecule has 5 heteroatoms. The van der Waals surface area contributed by atoms with Gasteiger partial charge in [-0.15, -0.1) is 0 Å². The second kappa shape index (κ2) is 4.56. The van der Waals surface area contributed by atoms with Crippen molar-refractivity contribution in [3.63, 3.8) is 0 Å². The molecule has 1 aliphatic rings. The Kier molecular flexibility index (Phi) is 3.28. The van der Waals surface area contributed by atoms with Crippen LogP contribution in [-0.4, -0.2) is 17.3 Å². The number of ether oxygens (including phenoxy) is 1. The second-order valence-electron chi connectivity index (χ2n) is 4.68. The van der Waals surface area contributed by atoms with Crippen molar-refractivity contribution >= 4 is 18.3 Å². The largest absolute Gasteiger partial charge is 0.486 e. The number of benzene rings is 1. The Morgan fingerprint density at radius 2 is 2.24 bits per heavy atom. The molecule has 1 saturated carbocycles. The van der Waals surface area contributed by atoms with Crippen molar-refractivity contribution in [2.45, 2.75) is 19.8 Å². The Labute approximate surface area is 106 Å². The molecule has 0 N–H and O–H groups in total. The van der Waals surface area contributed by atoms with Gasteiger partial charge in [-0.1, -0.05) is 6.07 Å². The van der Waals surface area contributed by atoms with Crippen molar-refractivity contribution in [2.24, 2.45) is 5.41 Å². The van der Waals surface area contributed by atoms with Gasteiger partial charge in [0.25, 0.3) is 0 Å². The summed E-state index contributed by atoms with van der Waals surface area (Å²) in [4.78, 5) is 10.5. The van der Waals surface area contributed by atoms with Gasteiger partial charge in [0.2, 0.25) is 0 Å². The van der Waals surface area contributed by atoms with Crippen LogP contribution in [-0.2, 0) is 0 Å². The first-order valence-corrected chi connectivity index (χ1v) is 6.18. The Hall–Kier alpha value is -1.23. The van der Waals surface area contributed by atoms with E-state index in [4.69, 9.17) is 4.74 Å². The predicted molar refractivity (Wildman–Crippen MR) is 68.8 cm³/mol. The van der Waals surface area contributed by atoms with E-state index in [0.29, 0.717) is 12.4 Å². The Morgan fingerprint density at radius 1 is 1.53 bits per heavy atom. The number of hydrogen-bond acceptors (Lipinski definition) is 4. The van der Waals surface area contributed by atoms with Crippen molar-refractivity contribution in [1.82, 2.24) is 0 Å². The molecular formula is C12H15NO3S. The number of nitro benzene ring substituents is 1. The normalized spacial score (nSPS) is 16.6. The summed E-state index contributed by atoms with van der Waals surface area (Å²) < 4.78 is 5.58. The summed E-state index contributed by atoms with van der Waals surface area (Å²) in [7, 11) is 0. The van der Waals surface area contributed by atoms with Crippen LogP contribution in [0.5, 0.6) is 5.75 Å². The molecule has 0 heterocycles. The average molecular weight is 253 g/mol. The Morgan fingerprint density at radius 3 is 2.76 bits per heavy atom. The van der Waals surface area contributed by atoms with E-state index in [9.17, 15) is 10.1 Å². The molecule has 0 radical (unpaired) electrons. The minimum absolute atomic E-state index is 0.0416. The fraction of sp³-hybridized carbons (Fsp3) is 0.500. The number of hydrogen-bond donors (Lipinski definition) is 1. The lowest BCUT2D eigenvalue weighted by molar-refractivity contribution is -0.386. The van der Waals surface area contributed by atoms with Crippen molar-refractivity contribution < 1.29 is 9.66 Å². The summed E-state index contributed by atoms with van der Waals surface area (Å²) in [6, 6.07) is 5.03. The van der Waals surface area contributed by atoms with Gasteiger partial charge in [-0.2, -0.15) is 12.6 Å². The van der Waals surface area contributed by atoms with Gasteiger partial charge in [0.15, 0.2) is 5.75 Å². The fourth-order valence-electron chi connectivity index (χ4n) is 1.65. The summed E-state index contributed by atoms with van der Waals surface area (Å²) in [5.41, 5.74) is 1.04. The first kappa shape index (κ1) is 12.2. The number of nitro groups is 1. The SMILES string of the molecule is Cc1ccc(OCC2(CS)CC2)c([N+](=O)[O-])c1. The molecular weight excluding hydrogens is 238 g/mol.